The number of ether oxygens (including phenoxy) is 1. The van der Waals surface area contributed by atoms with E-state index in [-0.39, 0.29) is 0 Å². The van der Waals surface area contributed by atoms with Crippen molar-refractivity contribution in [1.82, 2.24) is 9.97 Å². The Morgan fingerprint density at radius 2 is 1.79 bits per heavy atom. The topological polar surface area (TPSA) is 35.0 Å². The van der Waals surface area contributed by atoms with Crippen molar-refractivity contribution >= 4 is 23.2 Å². The first-order valence-electron chi connectivity index (χ1n) is 5.84. The molecule has 0 spiro atoms. The van der Waals surface area contributed by atoms with Crippen LogP contribution in [0.15, 0.2) is 18.3 Å². The lowest BCUT2D eigenvalue weighted by Gasteiger charge is -2.11. The first-order chi connectivity index (χ1) is 9.01. The van der Waals surface area contributed by atoms with E-state index in [1.54, 1.807) is 6.20 Å². The fraction of sp³-hybridized carbons (Fsp3) is 0.286. The first-order valence-corrected chi connectivity index (χ1v) is 6.75. The van der Waals surface area contributed by atoms with Crippen LogP contribution in [0.4, 0.5) is 0 Å². The predicted octanol–water partition coefficient (Wildman–Crippen LogP) is 4.59. The molecule has 5 heteroatoms. The van der Waals surface area contributed by atoms with Gasteiger partial charge in [-0.3, -0.25) is 0 Å². The molecule has 0 bridgehead atoms. The lowest BCUT2D eigenvalue weighted by Crippen LogP contribution is -1.99. The molecule has 0 radical (unpaired) electrons. The fourth-order valence-electron chi connectivity index (χ4n) is 1.80. The van der Waals surface area contributed by atoms with Crippen molar-refractivity contribution < 1.29 is 4.74 Å². The van der Waals surface area contributed by atoms with E-state index in [1.165, 1.54) is 0 Å². The molecule has 2 rings (SSSR count). The average Bonchev–Trinajstić information content (AvgIpc) is 2.34. The number of nitrogens with zero attached hydrogens (tertiary/aromatic N) is 2. The third-order valence-corrected chi connectivity index (χ3v) is 3.33. The highest BCUT2D eigenvalue weighted by Gasteiger charge is 2.10. The summed E-state index contributed by atoms with van der Waals surface area (Å²) in [5, 5.41) is 0.692. The number of aryl methyl sites for hydroxylation is 3. The van der Waals surface area contributed by atoms with Crippen LogP contribution in [0.5, 0.6) is 11.8 Å². The lowest BCUT2D eigenvalue weighted by molar-refractivity contribution is 0.433. The monoisotopic (exact) mass is 296 g/mol. The largest absolute Gasteiger partial charge is 0.424 e. The van der Waals surface area contributed by atoms with Gasteiger partial charge in [-0.15, -0.1) is 11.6 Å². The summed E-state index contributed by atoms with van der Waals surface area (Å²) in [6.07, 6.45) is 1.69. The Hall–Kier alpha value is -1.32. The summed E-state index contributed by atoms with van der Waals surface area (Å²) in [6.45, 7) is 5.76. The molecule has 0 fully saturated rings. The van der Waals surface area contributed by atoms with E-state index in [0.29, 0.717) is 16.9 Å². The minimum absolute atomic E-state index is 0.319. The summed E-state index contributed by atoms with van der Waals surface area (Å²) in [4.78, 5) is 8.45. The van der Waals surface area contributed by atoms with E-state index in [0.717, 1.165) is 28.1 Å². The maximum absolute atomic E-state index is 5.99. The van der Waals surface area contributed by atoms with Gasteiger partial charge in [0, 0.05) is 22.5 Å². The van der Waals surface area contributed by atoms with Gasteiger partial charge in [0.15, 0.2) is 0 Å². The summed E-state index contributed by atoms with van der Waals surface area (Å²) in [5.41, 5.74) is 3.63. The van der Waals surface area contributed by atoms with Gasteiger partial charge < -0.3 is 4.74 Å². The van der Waals surface area contributed by atoms with Crippen molar-refractivity contribution in [1.29, 1.82) is 0 Å². The van der Waals surface area contributed by atoms with Crippen LogP contribution in [0.25, 0.3) is 0 Å². The van der Waals surface area contributed by atoms with Crippen molar-refractivity contribution in [2.24, 2.45) is 0 Å². The maximum atomic E-state index is 5.99. The van der Waals surface area contributed by atoms with Gasteiger partial charge in [-0.25, -0.2) is 4.98 Å². The van der Waals surface area contributed by atoms with Crippen LogP contribution in [-0.4, -0.2) is 9.97 Å². The Balaban J connectivity index is 2.34. The Morgan fingerprint density at radius 1 is 1.16 bits per heavy atom. The highest BCUT2D eigenvalue weighted by atomic mass is 35.5. The summed E-state index contributed by atoms with van der Waals surface area (Å²) in [5.74, 6) is 1.13. The zero-order valence-electron chi connectivity index (χ0n) is 11.0. The molecule has 0 unspecified atom stereocenters. The Labute approximate surface area is 122 Å². The molecule has 0 saturated heterocycles. The molecule has 2 aromatic rings. The van der Waals surface area contributed by atoms with Crippen molar-refractivity contribution in [2.45, 2.75) is 26.7 Å². The van der Waals surface area contributed by atoms with Crippen LogP contribution in [0.1, 0.15) is 22.4 Å². The average molecular weight is 297 g/mol. The molecule has 0 N–H and O–H groups in total. The number of hydrogen-bond donors (Lipinski definition) is 0. The number of benzene rings is 1. The van der Waals surface area contributed by atoms with Crippen LogP contribution in [-0.2, 0) is 5.88 Å². The summed E-state index contributed by atoms with van der Waals surface area (Å²) in [6, 6.07) is 4.02. The van der Waals surface area contributed by atoms with E-state index in [4.69, 9.17) is 27.9 Å². The number of rotatable bonds is 3. The molecule has 1 heterocycles. The van der Waals surface area contributed by atoms with Gasteiger partial charge in [-0.2, -0.15) is 4.98 Å². The normalized spacial score (nSPS) is 10.6. The summed E-state index contributed by atoms with van der Waals surface area (Å²) in [7, 11) is 0. The minimum atomic E-state index is 0.319. The fourth-order valence-corrected chi connectivity index (χ4v) is 2.39. The Kier molecular flexibility index (Phi) is 4.27. The number of hydrogen-bond acceptors (Lipinski definition) is 3. The smallest absolute Gasteiger partial charge is 0.322 e. The molecule has 100 valence electrons. The molecule has 0 aliphatic heterocycles. The van der Waals surface area contributed by atoms with Crippen molar-refractivity contribution in [3.63, 3.8) is 0 Å². The molecule has 1 aromatic heterocycles. The standard InChI is InChI=1S/C14H14Cl2N2O/c1-8-4-12(16)5-9(2)13(8)19-14-17-7-11(6-15)10(3)18-14/h4-5,7H,6H2,1-3H3. The maximum Gasteiger partial charge on any atom is 0.322 e. The molecule has 0 aliphatic carbocycles. The van der Waals surface area contributed by atoms with Gasteiger partial charge in [0.25, 0.3) is 0 Å². The Bertz CT molecular complexity index is 591. The van der Waals surface area contributed by atoms with E-state index in [9.17, 15) is 0 Å². The first kappa shape index (κ1) is 14.1. The van der Waals surface area contributed by atoms with Crippen LogP contribution in [0.3, 0.4) is 0 Å². The van der Waals surface area contributed by atoms with Gasteiger partial charge in [0.1, 0.15) is 5.75 Å². The number of alkyl halides is 1. The molecule has 0 aliphatic rings. The number of halogens is 2. The molecule has 0 amide bonds. The summed E-state index contributed by atoms with van der Waals surface area (Å²) >= 11 is 11.8. The zero-order valence-corrected chi connectivity index (χ0v) is 12.5. The van der Waals surface area contributed by atoms with Crippen LogP contribution in [0, 0.1) is 20.8 Å². The molecule has 3 nitrogen and oxygen atoms in total. The van der Waals surface area contributed by atoms with Gasteiger partial charge in [-0.1, -0.05) is 11.6 Å². The number of aromatic nitrogens is 2. The third kappa shape index (κ3) is 3.17. The van der Waals surface area contributed by atoms with E-state index < -0.39 is 0 Å². The highest BCUT2D eigenvalue weighted by Crippen LogP contribution is 2.30. The van der Waals surface area contributed by atoms with Gasteiger partial charge >= 0.3 is 6.01 Å². The highest BCUT2D eigenvalue weighted by molar-refractivity contribution is 6.30. The zero-order chi connectivity index (χ0) is 14.0. The molecule has 0 atom stereocenters. The van der Waals surface area contributed by atoms with E-state index >= 15 is 0 Å². The van der Waals surface area contributed by atoms with Crippen LogP contribution >= 0.6 is 23.2 Å². The van der Waals surface area contributed by atoms with E-state index in [1.807, 2.05) is 32.9 Å². The van der Waals surface area contributed by atoms with Crippen LogP contribution < -0.4 is 4.74 Å². The molecular formula is C14H14Cl2N2O. The Morgan fingerprint density at radius 3 is 2.32 bits per heavy atom. The predicted molar refractivity (Wildman–Crippen MR) is 77.3 cm³/mol. The van der Waals surface area contributed by atoms with Crippen LogP contribution in [0.2, 0.25) is 5.02 Å². The van der Waals surface area contributed by atoms with Gasteiger partial charge in [-0.05, 0) is 44.0 Å². The van der Waals surface area contributed by atoms with Crippen molar-refractivity contribution in [3.8, 4) is 11.8 Å². The SMILES string of the molecule is Cc1cc(Cl)cc(C)c1Oc1ncc(CCl)c(C)n1. The molecule has 19 heavy (non-hydrogen) atoms. The van der Waals surface area contributed by atoms with Crippen molar-refractivity contribution in [3.05, 3.63) is 45.7 Å². The minimum Gasteiger partial charge on any atom is -0.424 e. The van der Waals surface area contributed by atoms with Gasteiger partial charge in [0.05, 0.1) is 5.88 Å². The second kappa shape index (κ2) is 5.76. The second-order valence-corrected chi connectivity index (χ2v) is 5.07. The van der Waals surface area contributed by atoms with Crippen molar-refractivity contribution in [2.75, 3.05) is 0 Å². The second-order valence-electron chi connectivity index (χ2n) is 4.37. The van der Waals surface area contributed by atoms with Gasteiger partial charge in [0.2, 0.25) is 0 Å². The lowest BCUT2D eigenvalue weighted by atomic mass is 10.1. The molecular weight excluding hydrogens is 283 g/mol. The molecule has 0 saturated carbocycles. The third-order valence-electron chi connectivity index (χ3n) is 2.82. The van der Waals surface area contributed by atoms with E-state index in [2.05, 4.69) is 9.97 Å². The summed E-state index contributed by atoms with van der Waals surface area (Å²) < 4.78 is 5.75. The molecule has 1 aromatic carbocycles. The quantitative estimate of drug-likeness (QED) is 0.777.